The molecule has 5 heteroatoms. The second kappa shape index (κ2) is 5.79. The number of anilines is 1. The zero-order valence-corrected chi connectivity index (χ0v) is 12.0. The van der Waals surface area contributed by atoms with E-state index < -0.39 is 5.97 Å². The molecule has 1 saturated carbocycles. The van der Waals surface area contributed by atoms with Crippen molar-refractivity contribution < 1.29 is 9.90 Å². The number of benzene rings is 1. The minimum Gasteiger partial charge on any atom is -0.481 e. The van der Waals surface area contributed by atoms with Crippen molar-refractivity contribution in [1.82, 2.24) is 4.37 Å². The van der Waals surface area contributed by atoms with Crippen LogP contribution in [-0.4, -0.2) is 22.0 Å². The van der Waals surface area contributed by atoms with Crippen molar-refractivity contribution in [1.29, 1.82) is 0 Å². The molecule has 1 fully saturated rings. The van der Waals surface area contributed by atoms with Crippen molar-refractivity contribution >= 4 is 33.4 Å². The summed E-state index contributed by atoms with van der Waals surface area (Å²) in [5.41, 5.74) is 1.04. The summed E-state index contributed by atoms with van der Waals surface area (Å²) in [7, 11) is 0. The van der Waals surface area contributed by atoms with Gasteiger partial charge in [-0.1, -0.05) is 12.1 Å². The fraction of sp³-hybridized carbons (Fsp3) is 0.467. The van der Waals surface area contributed by atoms with Gasteiger partial charge in [-0.15, -0.1) is 0 Å². The van der Waals surface area contributed by atoms with E-state index in [1.165, 1.54) is 16.9 Å². The fourth-order valence-electron chi connectivity index (χ4n) is 2.87. The summed E-state index contributed by atoms with van der Waals surface area (Å²) in [5.74, 6) is -0.188. The van der Waals surface area contributed by atoms with Crippen LogP contribution < -0.4 is 5.32 Å². The van der Waals surface area contributed by atoms with Crippen LogP contribution in [0.1, 0.15) is 25.7 Å². The van der Waals surface area contributed by atoms with E-state index >= 15 is 0 Å². The Hall–Kier alpha value is -1.62. The third kappa shape index (κ3) is 2.77. The molecule has 4 nitrogen and oxygen atoms in total. The molecule has 106 valence electrons. The second-order valence-electron chi connectivity index (χ2n) is 5.47. The summed E-state index contributed by atoms with van der Waals surface area (Å²) >= 11 is 1.50. The number of carboxylic acid groups (broad SMARTS) is 1. The number of hydrogen-bond acceptors (Lipinski definition) is 4. The number of nitrogens with one attached hydrogen (secondary N) is 1. The fourth-order valence-corrected chi connectivity index (χ4v) is 3.63. The Kier molecular flexibility index (Phi) is 3.87. The van der Waals surface area contributed by atoms with Gasteiger partial charge in [-0.25, -0.2) is 0 Å². The van der Waals surface area contributed by atoms with Gasteiger partial charge in [0.1, 0.15) is 5.00 Å². The van der Waals surface area contributed by atoms with E-state index in [0.29, 0.717) is 5.92 Å². The molecule has 2 aromatic rings. The van der Waals surface area contributed by atoms with Gasteiger partial charge in [0.05, 0.1) is 11.4 Å². The van der Waals surface area contributed by atoms with E-state index in [-0.39, 0.29) is 5.92 Å². The molecule has 0 amide bonds. The summed E-state index contributed by atoms with van der Waals surface area (Å²) in [5, 5.41) is 14.8. The van der Waals surface area contributed by atoms with Gasteiger partial charge >= 0.3 is 5.97 Å². The minimum absolute atomic E-state index is 0.129. The predicted molar refractivity (Wildman–Crippen MR) is 81.2 cm³/mol. The van der Waals surface area contributed by atoms with E-state index in [2.05, 4.69) is 15.8 Å². The van der Waals surface area contributed by atoms with Crippen LogP contribution in [0.2, 0.25) is 0 Å². The molecule has 1 aromatic carbocycles. The number of nitrogens with zero attached hydrogens (tertiary/aromatic N) is 1. The molecule has 1 aromatic heterocycles. The van der Waals surface area contributed by atoms with Crippen LogP contribution >= 0.6 is 11.5 Å². The Labute approximate surface area is 122 Å². The summed E-state index contributed by atoms with van der Waals surface area (Å²) in [4.78, 5) is 10.9. The van der Waals surface area contributed by atoms with Gasteiger partial charge in [0.2, 0.25) is 0 Å². The summed E-state index contributed by atoms with van der Waals surface area (Å²) in [6.07, 6.45) is 3.62. The van der Waals surface area contributed by atoms with Crippen molar-refractivity contribution in [2.45, 2.75) is 25.7 Å². The van der Waals surface area contributed by atoms with Gasteiger partial charge < -0.3 is 10.4 Å². The van der Waals surface area contributed by atoms with Crippen LogP contribution in [0, 0.1) is 11.8 Å². The lowest BCUT2D eigenvalue weighted by atomic mass is 9.82. The smallest absolute Gasteiger partial charge is 0.306 e. The number of aliphatic carboxylic acids is 1. The summed E-state index contributed by atoms with van der Waals surface area (Å²) < 4.78 is 4.42. The van der Waals surface area contributed by atoms with Gasteiger partial charge in [0.25, 0.3) is 0 Å². The first-order chi connectivity index (χ1) is 9.74. The molecule has 0 spiro atoms. The highest BCUT2D eigenvalue weighted by molar-refractivity contribution is 7.11. The highest BCUT2D eigenvalue weighted by Crippen LogP contribution is 2.31. The number of carboxylic acids is 1. The van der Waals surface area contributed by atoms with E-state index in [0.717, 1.165) is 42.7 Å². The van der Waals surface area contributed by atoms with E-state index in [9.17, 15) is 4.79 Å². The van der Waals surface area contributed by atoms with Crippen molar-refractivity contribution in [2.75, 3.05) is 11.9 Å². The first kappa shape index (κ1) is 13.4. The molecule has 0 saturated heterocycles. The molecular formula is C15H18N2O2S. The SMILES string of the molecule is O=C(O)C1CCC(CNc2snc3ccccc23)CC1. The van der Waals surface area contributed by atoms with Crippen molar-refractivity contribution in [3.63, 3.8) is 0 Å². The van der Waals surface area contributed by atoms with Crippen molar-refractivity contribution in [2.24, 2.45) is 11.8 Å². The van der Waals surface area contributed by atoms with Crippen LogP contribution in [-0.2, 0) is 4.79 Å². The van der Waals surface area contributed by atoms with Gasteiger partial charge in [0, 0.05) is 11.9 Å². The molecule has 0 atom stereocenters. The summed E-state index contributed by atoms with van der Waals surface area (Å²) in [6.45, 7) is 0.915. The highest BCUT2D eigenvalue weighted by atomic mass is 32.1. The molecule has 1 aliphatic rings. The number of hydrogen-bond donors (Lipinski definition) is 2. The first-order valence-corrected chi connectivity index (χ1v) is 7.82. The lowest BCUT2D eigenvalue weighted by Gasteiger charge is -2.26. The predicted octanol–water partition coefficient (Wildman–Crippen LogP) is 3.60. The highest BCUT2D eigenvalue weighted by Gasteiger charge is 2.25. The average molecular weight is 290 g/mol. The largest absolute Gasteiger partial charge is 0.481 e. The normalized spacial score (nSPS) is 22.8. The zero-order chi connectivity index (χ0) is 13.9. The standard InChI is InChI=1S/C15H18N2O2S/c18-15(19)11-7-5-10(6-8-11)9-16-14-12-3-1-2-4-13(12)17-20-14/h1-4,10-11,16H,5-9H2,(H,18,19). The third-order valence-corrected chi connectivity index (χ3v) is 4.97. The van der Waals surface area contributed by atoms with Crippen molar-refractivity contribution in [3.05, 3.63) is 24.3 Å². The second-order valence-corrected chi connectivity index (χ2v) is 6.24. The first-order valence-electron chi connectivity index (χ1n) is 7.05. The van der Waals surface area contributed by atoms with Crippen LogP contribution in [0.3, 0.4) is 0 Å². The van der Waals surface area contributed by atoms with Crippen molar-refractivity contribution in [3.8, 4) is 0 Å². The molecule has 20 heavy (non-hydrogen) atoms. The third-order valence-electron chi connectivity index (χ3n) is 4.13. The van der Waals surface area contributed by atoms with E-state index in [1.54, 1.807) is 0 Å². The molecular weight excluding hydrogens is 272 g/mol. The average Bonchev–Trinajstić information content (AvgIpc) is 2.89. The maximum Gasteiger partial charge on any atom is 0.306 e. The Balaban J connectivity index is 1.57. The number of aromatic nitrogens is 1. The Morgan fingerprint density at radius 2 is 2.05 bits per heavy atom. The lowest BCUT2D eigenvalue weighted by Crippen LogP contribution is -2.25. The van der Waals surface area contributed by atoms with E-state index in [1.807, 2.05) is 18.2 Å². The Morgan fingerprint density at radius 3 is 2.80 bits per heavy atom. The molecule has 0 unspecified atom stereocenters. The number of rotatable bonds is 4. The molecule has 2 N–H and O–H groups in total. The topological polar surface area (TPSA) is 62.2 Å². The Bertz CT molecular complexity index is 603. The van der Waals surface area contributed by atoms with Crippen LogP contribution in [0.4, 0.5) is 5.00 Å². The van der Waals surface area contributed by atoms with Gasteiger partial charge in [-0.3, -0.25) is 4.79 Å². The number of fused-ring (bicyclic) bond motifs is 1. The lowest BCUT2D eigenvalue weighted by molar-refractivity contribution is -0.143. The van der Waals surface area contributed by atoms with Gasteiger partial charge in [-0.2, -0.15) is 4.37 Å². The maximum absolute atomic E-state index is 10.9. The molecule has 0 aliphatic heterocycles. The molecule has 1 aliphatic carbocycles. The van der Waals surface area contributed by atoms with Gasteiger partial charge in [-0.05, 0) is 55.3 Å². The van der Waals surface area contributed by atoms with E-state index in [4.69, 9.17) is 5.11 Å². The van der Waals surface area contributed by atoms with Crippen LogP contribution in [0.15, 0.2) is 24.3 Å². The number of carbonyl (C=O) groups is 1. The minimum atomic E-state index is -0.634. The Morgan fingerprint density at radius 1 is 1.30 bits per heavy atom. The molecule has 0 radical (unpaired) electrons. The van der Waals surface area contributed by atoms with Gasteiger partial charge in [0.15, 0.2) is 0 Å². The molecule has 0 bridgehead atoms. The quantitative estimate of drug-likeness (QED) is 0.903. The maximum atomic E-state index is 10.9. The van der Waals surface area contributed by atoms with Crippen LogP contribution in [0.25, 0.3) is 10.9 Å². The van der Waals surface area contributed by atoms with Crippen LogP contribution in [0.5, 0.6) is 0 Å². The monoisotopic (exact) mass is 290 g/mol. The zero-order valence-electron chi connectivity index (χ0n) is 11.2. The molecule has 1 heterocycles. The summed E-state index contributed by atoms with van der Waals surface area (Å²) in [6, 6.07) is 8.14. The molecule has 3 rings (SSSR count).